The number of halogens is 2. The smallest absolute Gasteiger partial charge is 0.146 e. The largest absolute Gasteiger partial charge is 0.376 e. The van der Waals surface area contributed by atoms with Crippen molar-refractivity contribution in [3.63, 3.8) is 0 Å². The topological polar surface area (TPSA) is 59.0 Å². The van der Waals surface area contributed by atoms with E-state index in [1.165, 1.54) is 0 Å². The first-order chi connectivity index (χ1) is 16.2. The molecular formula is C26H33Cl2N5O. The normalized spacial score (nSPS) is 22.4. The average molecular weight is 502 g/mol. The Morgan fingerprint density at radius 3 is 2.62 bits per heavy atom. The van der Waals surface area contributed by atoms with Crippen LogP contribution >= 0.6 is 23.2 Å². The molecule has 0 saturated carbocycles. The Hall–Kier alpha value is -1.83. The molecule has 0 aliphatic carbocycles. The highest BCUT2D eigenvalue weighted by atomic mass is 35.5. The van der Waals surface area contributed by atoms with Crippen molar-refractivity contribution in [2.45, 2.75) is 45.4 Å². The predicted molar refractivity (Wildman–Crippen MR) is 140 cm³/mol. The van der Waals surface area contributed by atoms with Crippen LogP contribution in [0.3, 0.4) is 0 Å². The summed E-state index contributed by atoms with van der Waals surface area (Å²) in [7, 11) is 4.12. The first-order valence-corrected chi connectivity index (χ1v) is 12.7. The van der Waals surface area contributed by atoms with Gasteiger partial charge in [-0.25, -0.2) is 4.98 Å². The number of rotatable bonds is 4. The molecule has 0 amide bonds. The number of piperidine rings is 1. The highest BCUT2D eigenvalue weighted by Crippen LogP contribution is 2.43. The highest BCUT2D eigenvalue weighted by Gasteiger charge is 2.47. The van der Waals surface area contributed by atoms with Gasteiger partial charge in [-0.05, 0) is 58.5 Å². The summed E-state index contributed by atoms with van der Waals surface area (Å²) < 4.78 is 8.15. The van der Waals surface area contributed by atoms with E-state index in [0.717, 1.165) is 72.9 Å². The van der Waals surface area contributed by atoms with Crippen LogP contribution in [0.25, 0.3) is 16.8 Å². The number of benzene rings is 1. The Bertz CT molecular complexity index is 1220. The van der Waals surface area contributed by atoms with Gasteiger partial charge in [-0.1, -0.05) is 35.3 Å². The molecule has 1 spiro atoms. The minimum atomic E-state index is 0.0867. The molecule has 34 heavy (non-hydrogen) atoms. The molecule has 5 rings (SSSR count). The van der Waals surface area contributed by atoms with E-state index in [9.17, 15) is 0 Å². The number of nitrogens with two attached hydrogens (primary N) is 1. The molecule has 2 N–H and O–H groups in total. The van der Waals surface area contributed by atoms with Crippen LogP contribution in [0.1, 0.15) is 31.0 Å². The molecule has 2 fully saturated rings. The number of nitrogens with zero attached hydrogens (tertiary/aromatic N) is 4. The van der Waals surface area contributed by atoms with Gasteiger partial charge < -0.3 is 20.3 Å². The summed E-state index contributed by atoms with van der Waals surface area (Å²) in [5.74, 6) is 1.15. The number of aromatic nitrogens is 2. The van der Waals surface area contributed by atoms with E-state index in [1.807, 2.05) is 18.2 Å². The maximum absolute atomic E-state index is 6.66. The maximum atomic E-state index is 6.66. The zero-order valence-electron chi connectivity index (χ0n) is 20.3. The van der Waals surface area contributed by atoms with Crippen LogP contribution in [-0.2, 0) is 11.3 Å². The van der Waals surface area contributed by atoms with Crippen LogP contribution in [0.2, 0.25) is 10.0 Å². The second-order valence-electron chi connectivity index (χ2n) is 10.2. The summed E-state index contributed by atoms with van der Waals surface area (Å²) >= 11 is 13.0. The Labute approximate surface area is 211 Å². The van der Waals surface area contributed by atoms with Crippen LogP contribution in [0.4, 0.5) is 5.82 Å². The fourth-order valence-corrected chi connectivity index (χ4v) is 6.01. The lowest BCUT2D eigenvalue weighted by Gasteiger charge is -2.42. The SMILES string of the molecule is Cc1cc(N2CCC3(CC2)CO[C@@H](C)[C@H]3N)n2cc(CN(C)C)nc2c1-c1cccc(Cl)c1Cl. The van der Waals surface area contributed by atoms with E-state index in [-0.39, 0.29) is 17.6 Å². The third-order valence-electron chi connectivity index (χ3n) is 7.60. The molecule has 2 saturated heterocycles. The molecule has 182 valence electrons. The van der Waals surface area contributed by atoms with Crippen LogP contribution in [0, 0.1) is 12.3 Å². The first kappa shape index (κ1) is 23.9. The molecule has 2 aliphatic rings. The standard InChI is InChI=1S/C26H33Cl2N5O/c1-16-12-21(32-10-8-26(9-11-32)15-34-17(2)24(26)29)33-14-18(13-31(3)4)30-25(33)22(16)19-6-5-7-20(27)23(19)28/h5-7,12,14,17,24H,8-11,13,15,29H2,1-4H3/t17-,24+/m0/s1. The monoisotopic (exact) mass is 501 g/mol. The van der Waals surface area contributed by atoms with E-state index in [0.29, 0.717) is 10.0 Å². The Balaban J connectivity index is 1.58. The number of pyridine rings is 1. The number of hydrogen-bond donors (Lipinski definition) is 1. The van der Waals surface area contributed by atoms with Crippen molar-refractivity contribution < 1.29 is 4.74 Å². The molecule has 3 aromatic rings. The average Bonchev–Trinajstić information content (AvgIpc) is 3.32. The van der Waals surface area contributed by atoms with Gasteiger partial charge in [0.25, 0.3) is 0 Å². The van der Waals surface area contributed by atoms with Crippen molar-refractivity contribution in [1.82, 2.24) is 14.3 Å². The second-order valence-corrected chi connectivity index (χ2v) is 11.0. The quantitative estimate of drug-likeness (QED) is 0.544. The summed E-state index contributed by atoms with van der Waals surface area (Å²) in [5.41, 5.74) is 11.6. The van der Waals surface area contributed by atoms with Crippen LogP contribution < -0.4 is 10.6 Å². The lowest BCUT2D eigenvalue weighted by atomic mass is 9.73. The Morgan fingerprint density at radius 1 is 1.24 bits per heavy atom. The number of anilines is 1. The Morgan fingerprint density at radius 2 is 1.97 bits per heavy atom. The Kier molecular flexibility index (Phi) is 6.32. The van der Waals surface area contributed by atoms with Crippen LogP contribution in [-0.4, -0.2) is 60.2 Å². The van der Waals surface area contributed by atoms with Crippen molar-refractivity contribution in [3.8, 4) is 11.1 Å². The minimum absolute atomic E-state index is 0.0867. The maximum Gasteiger partial charge on any atom is 0.146 e. The molecule has 2 aromatic heterocycles. The summed E-state index contributed by atoms with van der Waals surface area (Å²) in [6, 6.07) is 8.13. The van der Waals surface area contributed by atoms with Gasteiger partial charge in [0.15, 0.2) is 0 Å². The van der Waals surface area contributed by atoms with Crippen molar-refractivity contribution in [3.05, 3.63) is 51.8 Å². The van der Waals surface area contributed by atoms with Crippen molar-refractivity contribution in [1.29, 1.82) is 0 Å². The van der Waals surface area contributed by atoms with Crippen molar-refractivity contribution >= 4 is 34.7 Å². The minimum Gasteiger partial charge on any atom is -0.376 e. The van der Waals surface area contributed by atoms with E-state index >= 15 is 0 Å². The van der Waals surface area contributed by atoms with Crippen LogP contribution in [0.15, 0.2) is 30.5 Å². The molecule has 2 atom stereocenters. The fraction of sp³-hybridized carbons (Fsp3) is 0.500. The van der Waals surface area contributed by atoms with E-state index in [1.54, 1.807) is 0 Å². The van der Waals surface area contributed by atoms with E-state index in [2.05, 4.69) is 54.4 Å². The van der Waals surface area contributed by atoms with Gasteiger partial charge >= 0.3 is 0 Å². The third-order valence-corrected chi connectivity index (χ3v) is 8.41. The van der Waals surface area contributed by atoms with Gasteiger partial charge in [-0.2, -0.15) is 0 Å². The molecular weight excluding hydrogens is 469 g/mol. The number of hydrogen-bond acceptors (Lipinski definition) is 5. The molecule has 0 unspecified atom stereocenters. The fourth-order valence-electron chi connectivity index (χ4n) is 5.62. The lowest BCUT2D eigenvalue weighted by molar-refractivity contribution is 0.0974. The van der Waals surface area contributed by atoms with Gasteiger partial charge in [0, 0.05) is 48.4 Å². The zero-order valence-corrected chi connectivity index (χ0v) is 21.8. The molecule has 8 heteroatoms. The third kappa shape index (κ3) is 3.99. The number of imidazole rings is 1. The molecule has 2 aliphatic heterocycles. The summed E-state index contributed by atoms with van der Waals surface area (Å²) in [6.45, 7) is 7.63. The van der Waals surface area contributed by atoms with Gasteiger partial charge in [0.1, 0.15) is 11.5 Å². The number of ether oxygens (including phenoxy) is 1. The van der Waals surface area contributed by atoms with E-state index < -0.39 is 0 Å². The van der Waals surface area contributed by atoms with Gasteiger partial charge in [-0.15, -0.1) is 0 Å². The van der Waals surface area contributed by atoms with Crippen LogP contribution in [0.5, 0.6) is 0 Å². The number of aryl methyl sites for hydroxylation is 1. The second kappa shape index (κ2) is 8.99. The van der Waals surface area contributed by atoms with E-state index in [4.69, 9.17) is 38.7 Å². The van der Waals surface area contributed by atoms with Crippen molar-refractivity contribution in [2.75, 3.05) is 38.7 Å². The lowest BCUT2D eigenvalue weighted by Crippen LogP contribution is -2.50. The highest BCUT2D eigenvalue weighted by molar-refractivity contribution is 6.43. The molecule has 0 bridgehead atoms. The predicted octanol–water partition coefficient (Wildman–Crippen LogP) is 5.01. The van der Waals surface area contributed by atoms with Gasteiger partial charge in [0.2, 0.25) is 0 Å². The molecule has 4 heterocycles. The summed E-state index contributed by atoms with van der Waals surface area (Å²) in [6.07, 6.45) is 4.34. The molecule has 1 aromatic carbocycles. The van der Waals surface area contributed by atoms with Crippen molar-refractivity contribution in [2.24, 2.45) is 11.1 Å². The summed E-state index contributed by atoms with van der Waals surface area (Å²) in [4.78, 5) is 9.66. The number of fused-ring (bicyclic) bond motifs is 1. The van der Waals surface area contributed by atoms with Gasteiger partial charge in [-0.3, -0.25) is 4.40 Å². The zero-order chi connectivity index (χ0) is 24.2. The molecule has 0 radical (unpaired) electrons. The molecule has 6 nitrogen and oxygen atoms in total. The first-order valence-electron chi connectivity index (χ1n) is 11.9. The van der Waals surface area contributed by atoms with Gasteiger partial charge in [0.05, 0.1) is 28.5 Å². The summed E-state index contributed by atoms with van der Waals surface area (Å²) in [5, 5.41) is 1.11.